The van der Waals surface area contributed by atoms with Crippen LogP contribution in [0.2, 0.25) is 0 Å². The monoisotopic (exact) mass is 257 g/mol. The van der Waals surface area contributed by atoms with Gasteiger partial charge in [0.05, 0.1) is 11.3 Å². The molecule has 1 heterocycles. The molecule has 4 nitrogen and oxygen atoms in total. The van der Waals surface area contributed by atoms with E-state index in [2.05, 4.69) is 6.92 Å². The van der Waals surface area contributed by atoms with E-state index < -0.39 is 5.97 Å². The van der Waals surface area contributed by atoms with Gasteiger partial charge in [-0.15, -0.1) is 0 Å². The number of aromatic carboxylic acids is 1. The quantitative estimate of drug-likeness (QED) is 0.915. The van der Waals surface area contributed by atoms with E-state index in [4.69, 9.17) is 5.11 Å². The zero-order valence-corrected chi connectivity index (χ0v) is 10.7. The molecular weight excluding hydrogens is 242 g/mol. The van der Waals surface area contributed by atoms with Crippen molar-refractivity contribution in [2.75, 3.05) is 0 Å². The molecule has 98 valence electrons. The van der Waals surface area contributed by atoms with Crippen molar-refractivity contribution in [1.29, 1.82) is 0 Å². The van der Waals surface area contributed by atoms with Gasteiger partial charge in [0, 0.05) is 12.3 Å². The SMILES string of the molecule is CCCc1ccccc1-n1cc(C(=O)O)ccc1=O. The molecule has 0 unspecified atom stereocenters. The molecule has 0 spiro atoms. The second kappa shape index (κ2) is 5.52. The fourth-order valence-electron chi connectivity index (χ4n) is 2.03. The van der Waals surface area contributed by atoms with Crippen LogP contribution in [0, 0.1) is 0 Å². The van der Waals surface area contributed by atoms with Crippen LogP contribution < -0.4 is 5.56 Å². The number of para-hydroxylation sites is 1. The maximum Gasteiger partial charge on any atom is 0.337 e. The van der Waals surface area contributed by atoms with Gasteiger partial charge >= 0.3 is 5.97 Å². The molecule has 0 bridgehead atoms. The molecule has 0 amide bonds. The predicted octanol–water partition coefficient (Wildman–Crippen LogP) is 2.49. The molecule has 0 saturated heterocycles. The Hall–Kier alpha value is -2.36. The van der Waals surface area contributed by atoms with E-state index in [9.17, 15) is 9.59 Å². The van der Waals surface area contributed by atoms with Gasteiger partial charge in [-0.2, -0.15) is 0 Å². The average molecular weight is 257 g/mol. The lowest BCUT2D eigenvalue weighted by Gasteiger charge is -2.11. The number of rotatable bonds is 4. The number of aryl methyl sites for hydroxylation is 1. The first-order valence-corrected chi connectivity index (χ1v) is 6.17. The number of carboxylic acids is 1. The Labute approximate surface area is 110 Å². The Morgan fingerprint density at radius 1 is 1.21 bits per heavy atom. The van der Waals surface area contributed by atoms with Crippen LogP contribution in [-0.4, -0.2) is 15.6 Å². The average Bonchev–Trinajstić information content (AvgIpc) is 2.40. The Morgan fingerprint density at radius 2 is 1.95 bits per heavy atom. The van der Waals surface area contributed by atoms with Crippen LogP contribution in [0.4, 0.5) is 0 Å². The molecule has 4 heteroatoms. The molecule has 0 aliphatic heterocycles. The predicted molar refractivity (Wildman–Crippen MR) is 73.0 cm³/mol. The molecule has 0 radical (unpaired) electrons. The second-order valence-electron chi connectivity index (χ2n) is 4.31. The fraction of sp³-hybridized carbons (Fsp3) is 0.200. The summed E-state index contributed by atoms with van der Waals surface area (Å²) < 4.78 is 1.40. The van der Waals surface area contributed by atoms with Gasteiger partial charge in [0.15, 0.2) is 0 Å². The van der Waals surface area contributed by atoms with Crippen molar-refractivity contribution in [3.8, 4) is 5.69 Å². The van der Waals surface area contributed by atoms with Crippen LogP contribution in [0.25, 0.3) is 5.69 Å². The summed E-state index contributed by atoms with van der Waals surface area (Å²) in [5, 5.41) is 9.00. The van der Waals surface area contributed by atoms with Crippen LogP contribution in [0.1, 0.15) is 29.3 Å². The van der Waals surface area contributed by atoms with Crippen molar-refractivity contribution >= 4 is 5.97 Å². The van der Waals surface area contributed by atoms with Gasteiger partial charge in [0.25, 0.3) is 5.56 Å². The number of carboxylic acid groups (broad SMARTS) is 1. The van der Waals surface area contributed by atoms with Gasteiger partial charge < -0.3 is 5.11 Å². The zero-order chi connectivity index (χ0) is 13.8. The van der Waals surface area contributed by atoms with E-state index in [0.717, 1.165) is 24.1 Å². The minimum Gasteiger partial charge on any atom is -0.478 e. The van der Waals surface area contributed by atoms with Gasteiger partial charge in [-0.3, -0.25) is 9.36 Å². The number of benzene rings is 1. The lowest BCUT2D eigenvalue weighted by atomic mass is 10.1. The summed E-state index contributed by atoms with van der Waals surface area (Å²) in [7, 11) is 0. The highest BCUT2D eigenvalue weighted by atomic mass is 16.4. The highest BCUT2D eigenvalue weighted by Gasteiger charge is 2.09. The molecule has 0 fully saturated rings. The van der Waals surface area contributed by atoms with Crippen molar-refractivity contribution in [3.63, 3.8) is 0 Å². The van der Waals surface area contributed by atoms with Crippen LogP contribution in [-0.2, 0) is 6.42 Å². The molecular formula is C15H15NO3. The molecule has 2 rings (SSSR count). The molecule has 1 N–H and O–H groups in total. The van der Waals surface area contributed by atoms with E-state index in [1.807, 2.05) is 24.3 Å². The summed E-state index contributed by atoms with van der Waals surface area (Å²) in [5.74, 6) is -1.04. The number of hydrogen-bond acceptors (Lipinski definition) is 2. The molecule has 0 saturated carbocycles. The lowest BCUT2D eigenvalue weighted by Crippen LogP contribution is -2.19. The Kier molecular flexibility index (Phi) is 3.80. The third-order valence-electron chi connectivity index (χ3n) is 2.93. The first kappa shape index (κ1) is 13.1. The number of pyridine rings is 1. The topological polar surface area (TPSA) is 59.3 Å². The standard InChI is InChI=1S/C15H15NO3/c1-2-5-11-6-3-4-7-13(11)16-10-12(15(18)19)8-9-14(16)17/h3-4,6-10H,2,5H2,1H3,(H,18,19). The number of carbonyl (C=O) groups is 1. The molecule has 1 aromatic heterocycles. The first-order chi connectivity index (χ1) is 9.13. The minimum absolute atomic E-state index is 0.103. The van der Waals surface area contributed by atoms with Crippen LogP contribution in [0.5, 0.6) is 0 Å². The minimum atomic E-state index is -1.04. The Balaban J connectivity index is 2.61. The van der Waals surface area contributed by atoms with Crippen molar-refractivity contribution in [1.82, 2.24) is 4.57 Å². The summed E-state index contributed by atoms with van der Waals surface area (Å²) in [6, 6.07) is 10.2. The van der Waals surface area contributed by atoms with Crippen LogP contribution >= 0.6 is 0 Å². The number of aromatic nitrogens is 1. The van der Waals surface area contributed by atoms with Gasteiger partial charge in [0.2, 0.25) is 0 Å². The van der Waals surface area contributed by atoms with Gasteiger partial charge in [-0.05, 0) is 24.1 Å². The van der Waals surface area contributed by atoms with Crippen molar-refractivity contribution in [3.05, 3.63) is 64.1 Å². The van der Waals surface area contributed by atoms with E-state index in [1.165, 1.54) is 22.9 Å². The van der Waals surface area contributed by atoms with Crippen molar-refractivity contribution in [2.45, 2.75) is 19.8 Å². The van der Waals surface area contributed by atoms with E-state index in [0.29, 0.717) is 0 Å². The van der Waals surface area contributed by atoms with Crippen LogP contribution in [0.3, 0.4) is 0 Å². The molecule has 0 aliphatic carbocycles. The van der Waals surface area contributed by atoms with Gasteiger partial charge in [-0.1, -0.05) is 31.5 Å². The van der Waals surface area contributed by atoms with E-state index in [1.54, 1.807) is 0 Å². The summed E-state index contributed by atoms with van der Waals surface area (Å²) in [6.45, 7) is 2.06. The highest BCUT2D eigenvalue weighted by molar-refractivity contribution is 5.87. The number of nitrogens with zero attached hydrogens (tertiary/aromatic N) is 1. The third-order valence-corrected chi connectivity index (χ3v) is 2.93. The van der Waals surface area contributed by atoms with Crippen molar-refractivity contribution < 1.29 is 9.90 Å². The largest absolute Gasteiger partial charge is 0.478 e. The van der Waals surface area contributed by atoms with Crippen molar-refractivity contribution in [2.24, 2.45) is 0 Å². The summed E-state index contributed by atoms with van der Waals surface area (Å²) in [5.41, 5.74) is 1.66. The van der Waals surface area contributed by atoms with Gasteiger partial charge in [0.1, 0.15) is 0 Å². The van der Waals surface area contributed by atoms with E-state index in [-0.39, 0.29) is 11.1 Å². The summed E-state index contributed by atoms with van der Waals surface area (Å²) in [6.07, 6.45) is 3.18. The second-order valence-corrected chi connectivity index (χ2v) is 4.31. The van der Waals surface area contributed by atoms with E-state index >= 15 is 0 Å². The highest BCUT2D eigenvalue weighted by Crippen LogP contribution is 2.15. The Morgan fingerprint density at radius 3 is 2.63 bits per heavy atom. The smallest absolute Gasteiger partial charge is 0.337 e. The summed E-state index contributed by atoms with van der Waals surface area (Å²) >= 11 is 0. The molecule has 0 aliphatic rings. The maximum atomic E-state index is 11.9. The molecule has 0 atom stereocenters. The fourth-order valence-corrected chi connectivity index (χ4v) is 2.03. The third kappa shape index (κ3) is 2.73. The lowest BCUT2D eigenvalue weighted by molar-refractivity contribution is 0.0696. The maximum absolute atomic E-state index is 11.9. The Bertz CT molecular complexity index is 658. The summed E-state index contributed by atoms with van der Waals surface area (Å²) in [4.78, 5) is 22.9. The van der Waals surface area contributed by atoms with Gasteiger partial charge in [-0.25, -0.2) is 4.79 Å². The number of hydrogen-bond donors (Lipinski definition) is 1. The molecule has 2 aromatic rings. The molecule has 19 heavy (non-hydrogen) atoms. The molecule has 1 aromatic carbocycles. The van der Waals surface area contributed by atoms with Crippen LogP contribution in [0.15, 0.2) is 47.4 Å². The zero-order valence-electron chi connectivity index (χ0n) is 10.7. The first-order valence-electron chi connectivity index (χ1n) is 6.17. The normalized spacial score (nSPS) is 10.4.